The number of oxime groups is 1. The summed E-state index contributed by atoms with van der Waals surface area (Å²) in [6, 6.07) is 8.05. The predicted molar refractivity (Wildman–Crippen MR) is 68.4 cm³/mol. The van der Waals surface area contributed by atoms with Crippen molar-refractivity contribution in [2.24, 2.45) is 10.9 Å². The van der Waals surface area contributed by atoms with Crippen LogP contribution in [0.25, 0.3) is 0 Å². The van der Waals surface area contributed by atoms with Crippen molar-refractivity contribution in [2.75, 3.05) is 0 Å². The van der Waals surface area contributed by atoms with Gasteiger partial charge in [-0.25, -0.2) is 0 Å². The Morgan fingerprint density at radius 3 is 2.40 bits per heavy atom. The Bertz CT molecular complexity index is 483. The minimum absolute atomic E-state index is 0.0122. The summed E-state index contributed by atoms with van der Waals surface area (Å²) in [4.78, 5) is 0. The number of benzene rings is 1. The molecule has 0 heterocycles. The number of hydrogen-bond acceptors (Lipinski definition) is 3. The highest BCUT2D eigenvalue weighted by Gasteiger charge is 2.63. The zero-order valence-electron chi connectivity index (χ0n) is 10.7. The number of nitrogens with one attached hydrogen (secondary N) is 1. The molecule has 4 N–H and O–H groups in total. The normalized spacial score (nSPS) is 19.6. The fraction of sp³-hybridized carbons (Fsp3) is 0.462. The van der Waals surface area contributed by atoms with Gasteiger partial charge in [-0.2, -0.15) is 13.2 Å². The van der Waals surface area contributed by atoms with Gasteiger partial charge in [0.1, 0.15) is 11.4 Å². The number of halogens is 3. The molecular weight excluding hydrogens is 271 g/mol. The first-order valence-electron chi connectivity index (χ1n) is 6.24. The minimum atomic E-state index is -4.30. The first kappa shape index (κ1) is 14.6. The minimum Gasteiger partial charge on any atom is -0.409 e. The summed E-state index contributed by atoms with van der Waals surface area (Å²) in [6.45, 7) is 0. The van der Waals surface area contributed by atoms with Crippen molar-refractivity contribution in [1.29, 1.82) is 0 Å². The summed E-state index contributed by atoms with van der Waals surface area (Å²) in [5.41, 5.74) is 4.27. The average Bonchev–Trinajstić information content (AvgIpc) is 3.19. The van der Waals surface area contributed by atoms with Gasteiger partial charge in [0.25, 0.3) is 0 Å². The van der Waals surface area contributed by atoms with Gasteiger partial charge in [-0.15, -0.1) is 0 Å². The number of hydrogen-bond donors (Lipinski definition) is 3. The van der Waals surface area contributed by atoms with Gasteiger partial charge in [0.05, 0.1) is 0 Å². The second-order valence-electron chi connectivity index (χ2n) is 4.98. The number of amidine groups is 1. The summed E-state index contributed by atoms with van der Waals surface area (Å²) >= 11 is 0. The molecule has 0 amide bonds. The van der Waals surface area contributed by atoms with Gasteiger partial charge in [-0.1, -0.05) is 35.5 Å². The largest absolute Gasteiger partial charge is 0.409 e. The molecule has 0 saturated heterocycles. The summed E-state index contributed by atoms with van der Waals surface area (Å²) in [6.07, 6.45) is -4.19. The summed E-state index contributed by atoms with van der Waals surface area (Å²) in [7, 11) is 0. The number of nitrogens with two attached hydrogens (primary N) is 1. The quantitative estimate of drug-likeness (QED) is 0.337. The third kappa shape index (κ3) is 3.04. The van der Waals surface area contributed by atoms with E-state index in [1.54, 1.807) is 30.3 Å². The molecule has 1 aromatic rings. The van der Waals surface area contributed by atoms with Crippen molar-refractivity contribution in [3.63, 3.8) is 0 Å². The molecule has 1 unspecified atom stereocenters. The standard InChI is InChI=1S/C13H16F3N3O/c14-13(15,16)12(6-7-12)18-10(8-11(17)19-20)9-4-2-1-3-5-9/h1-5,10,18,20H,6-8H2,(H2,17,19). The van der Waals surface area contributed by atoms with E-state index in [0.717, 1.165) is 0 Å². The van der Waals surface area contributed by atoms with E-state index >= 15 is 0 Å². The van der Waals surface area contributed by atoms with E-state index in [4.69, 9.17) is 10.9 Å². The van der Waals surface area contributed by atoms with Crippen LogP contribution in [0.3, 0.4) is 0 Å². The third-order valence-corrected chi connectivity index (χ3v) is 3.49. The van der Waals surface area contributed by atoms with Crippen LogP contribution in [0, 0.1) is 0 Å². The van der Waals surface area contributed by atoms with Gasteiger partial charge >= 0.3 is 6.18 Å². The van der Waals surface area contributed by atoms with E-state index in [2.05, 4.69) is 10.5 Å². The maximum atomic E-state index is 13.0. The predicted octanol–water partition coefficient (Wildman–Crippen LogP) is 2.55. The zero-order valence-corrected chi connectivity index (χ0v) is 10.7. The first-order chi connectivity index (χ1) is 9.38. The molecule has 20 heavy (non-hydrogen) atoms. The van der Waals surface area contributed by atoms with Gasteiger partial charge < -0.3 is 10.9 Å². The van der Waals surface area contributed by atoms with Crippen LogP contribution in [0.5, 0.6) is 0 Å². The molecule has 7 heteroatoms. The molecule has 4 nitrogen and oxygen atoms in total. The van der Waals surface area contributed by atoms with E-state index in [-0.39, 0.29) is 25.1 Å². The molecule has 0 aromatic heterocycles. The van der Waals surface area contributed by atoms with Crippen LogP contribution in [0.4, 0.5) is 13.2 Å². The summed E-state index contributed by atoms with van der Waals surface area (Å²) in [5, 5.41) is 14.1. The maximum absolute atomic E-state index is 13.0. The van der Waals surface area contributed by atoms with E-state index in [1.807, 2.05) is 0 Å². The van der Waals surface area contributed by atoms with Crippen LogP contribution in [-0.2, 0) is 0 Å². The molecule has 1 atom stereocenters. The molecule has 0 bridgehead atoms. The van der Waals surface area contributed by atoms with E-state index in [0.29, 0.717) is 5.56 Å². The molecule has 0 aliphatic heterocycles. The van der Waals surface area contributed by atoms with Crippen LogP contribution in [0.1, 0.15) is 30.9 Å². The monoisotopic (exact) mass is 287 g/mol. The first-order valence-corrected chi connectivity index (χ1v) is 6.24. The second kappa shape index (κ2) is 5.32. The number of rotatable bonds is 5. The van der Waals surface area contributed by atoms with Crippen LogP contribution >= 0.6 is 0 Å². The highest BCUT2D eigenvalue weighted by Crippen LogP contribution is 2.50. The lowest BCUT2D eigenvalue weighted by Crippen LogP contribution is -2.47. The van der Waals surface area contributed by atoms with Crippen molar-refractivity contribution >= 4 is 5.84 Å². The second-order valence-corrected chi connectivity index (χ2v) is 4.98. The lowest BCUT2D eigenvalue weighted by atomic mass is 10.0. The SMILES string of the molecule is N/C(CC(NC1(C(F)(F)F)CC1)c1ccccc1)=N/O. The molecular formula is C13H16F3N3O. The lowest BCUT2D eigenvalue weighted by Gasteiger charge is -2.27. The van der Waals surface area contributed by atoms with Crippen molar-refractivity contribution in [2.45, 2.75) is 37.0 Å². The van der Waals surface area contributed by atoms with E-state index < -0.39 is 17.8 Å². The van der Waals surface area contributed by atoms with Crippen molar-refractivity contribution in [3.05, 3.63) is 35.9 Å². The zero-order chi connectivity index (χ0) is 14.8. The fourth-order valence-corrected chi connectivity index (χ4v) is 2.16. The average molecular weight is 287 g/mol. The Balaban J connectivity index is 2.20. The highest BCUT2D eigenvalue weighted by molar-refractivity contribution is 5.80. The molecule has 1 saturated carbocycles. The van der Waals surface area contributed by atoms with Gasteiger partial charge in [0, 0.05) is 12.5 Å². The lowest BCUT2D eigenvalue weighted by molar-refractivity contribution is -0.168. The number of nitrogens with zero attached hydrogens (tertiary/aromatic N) is 1. The van der Waals surface area contributed by atoms with Crippen molar-refractivity contribution in [1.82, 2.24) is 5.32 Å². The van der Waals surface area contributed by atoms with Crippen LogP contribution in [0.2, 0.25) is 0 Å². The fourth-order valence-electron chi connectivity index (χ4n) is 2.16. The highest BCUT2D eigenvalue weighted by atomic mass is 19.4. The Kier molecular flexibility index (Phi) is 3.89. The molecule has 1 fully saturated rings. The van der Waals surface area contributed by atoms with Crippen molar-refractivity contribution < 1.29 is 18.4 Å². The number of alkyl halides is 3. The van der Waals surface area contributed by atoms with E-state index in [9.17, 15) is 13.2 Å². The molecule has 1 aliphatic carbocycles. The molecule has 1 aromatic carbocycles. The molecule has 0 radical (unpaired) electrons. The summed E-state index contributed by atoms with van der Waals surface area (Å²) in [5.74, 6) is -0.107. The molecule has 2 rings (SSSR count). The van der Waals surface area contributed by atoms with Crippen molar-refractivity contribution in [3.8, 4) is 0 Å². The molecule has 110 valence electrons. The van der Waals surface area contributed by atoms with Crippen LogP contribution < -0.4 is 11.1 Å². The van der Waals surface area contributed by atoms with Crippen LogP contribution in [-0.4, -0.2) is 22.8 Å². The molecule has 1 aliphatic rings. The van der Waals surface area contributed by atoms with Gasteiger partial charge in [-0.05, 0) is 18.4 Å². The smallest absolute Gasteiger partial charge is 0.406 e. The Morgan fingerprint density at radius 2 is 1.95 bits per heavy atom. The third-order valence-electron chi connectivity index (χ3n) is 3.49. The van der Waals surface area contributed by atoms with Gasteiger partial charge in [0.15, 0.2) is 0 Å². The summed E-state index contributed by atoms with van der Waals surface area (Å²) < 4.78 is 39.1. The van der Waals surface area contributed by atoms with Gasteiger partial charge in [0.2, 0.25) is 0 Å². The maximum Gasteiger partial charge on any atom is 0.406 e. The Morgan fingerprint density at radius 1 is 1.35 bits per heavy atom. The Hall–Kier alpha value is -1.76. The van der Waals surface area contributed by atoms with Gasteiger partial charge in [-0.3, -0.25) is 5.32 Å². The topological polar surface area (TPSA) is 70.6 Å². The Labute approximate surface area is 114 Å². The van der Waals surface area contributed by atoms with E-state index in [1.165, 1.54) is 0 Å². The van der Waals surface area contributed by atoms with Crippen LogP contribution in [0.15, 0.2) is 35.5 Å². The molecule has 0 spiro atoms.